The standard InChI is InChI=1S/C21H24ClF2N3O/c1-2-18(28)15-11-19(25)26-17(21(15)24)10-13-6-8-27(9-7-13)12-14-4-3-5-16(22)20(14)23/h3-5,11,13H,2,6-10,12H2,1H3,(H2,25,26). The van der Waals surface area contributed by atoms with Gasteiger partial charge in [-0.15, -0.1) is 0 Å². The Labute approximate surface area is 168 Å². The third-order valence-corrected chi connectivity index (χ3v) is 5.57. The lowest BCUT2D eigenvalue weighted by atomic mass is 9.91. The van der Waals surface area contributed by atoms with Crippen LogP contribution in [0.15, 0.2) is 24.3 Å². The van der Waals surface area contributed by atoms with E-state index in [9.17, 15) is 13.6 Å². The third kappa shape index (κ3) is 4.67. The molecule has 0 bridgehead atoms. The predicted molar refractivity (Wildman–Crippen MR) is 106 cm³/mol. The van der Waals surface area contributed by atoms with Crippen molar-refractivity contribution in [3.8, 4) is 0 Å². The van der Waals surface area contributed by atoms with Crippen molar-refractivity contribution in [2.24, 2.45) is 5.92 Å². The molecule has 1 saturated heterocycles. The molecule has 1 aromatic heterocycles. The Morgan fingerprint density at radius 1 is 1.29 bits per heavy atom. The molecule has 0 saturated carbocycles. The van der Waals surface area contributed by atoms with Gasteiger partial charge in [0.05, 0.1) is 16.3 Å². The maximum atomic E-state index is 14.7. The molecule has 0 amide bonds. The Hall–Kier alpha value is -2.05. The molecule has 28 heavy (non-hydrogen) atoms. The lowest BCUT2D eigenvalue weighted by molar-refractivity contribution is 0.0983. The molecular formula is C21H24ClF2N3O. The molecule has 0 spiro atoms. The van der Waals surface area contributed by atoms with Crippen molar-refractivity contribution in [1.82, 2.24) is 9.88 Å². The monoisotopic (exact) mass is 407 g/mol. The van der Waals surface area contributed by atoms with E-state index in [1.807, 2.05) is 0 Å². The average Bonchev–Trinajstić information content (AvgIpc) is 2.69. The summed E-state index contributed by atoms with van der Waals surface area (Å²) in [5.41, 5.74) is 6.64. The van der Waals surface area contributed by atoms with Crippen LogP contribution in [-0.2, 0) is 13.0 Å². The number of nitrogens with zero attached hydrogens (tertiary/aromatic N) is 2. The highest BCUT2D eigenvalue weighted by Gasteiger charge is 2.24. The van der Waals surface area contributed by atoms with E-state index in [0.717, 1.165) is 25.9 Å². The van der Waals surface area contributed by atoms with Crippen LogP contribution in [0.25, 0.3) is 0 Å². The van der Waals surface area contributed by atoms with E-state index in [4.69, 9.17) is 17.3 Å². The predicted octanol–water partition coefficient (Wildman–Crippen LogP) is 4.64. The van der Waals surface area contributed by atoms with Crippen LogP contribution < -0.4 is 5.73 Å². The summed E-state index contributed by atoms with van der Waals surface area (Å²) < 4.78 is 28.8. The third-order valence-electron chi connectivity index (χ3n) is 5.28. The lowest BCUT2D eigenvalue weighted by Crippen LogP contribution is -2.34. The first-order valence-electron chi connectivity index (χ1n) is 9.52. The van der Waals surface area contributed by atoms with Gasteiger partial charge in [0.25, 0.3) is 0 Å². The number of hydrogen-bond acceptors (Lipinski definition) is 4. The number of anilines is 1. The molecule has 7 heteroatoms. The molecule has 1 fully saturated rings. The van der Waals surface area contributed by atoms with Gasteiger partial charge in [0.15, 0.2) is 11.6 Å². The maximum Gasteiger partial charge on any atom is 0.165 e. The molecule has 0 unspecified atom stereocenters. The van der Waals surface area contributed by atoms with Gasteiger partial charge in [0, 0.05) is 18.5 Å². The van der Waals surface area contributed by atoms with Crippen LogP contribution in [0.2, 0.25) is 5.02 Å². The minimum atomic E-state index is -0.551. The Bertz CT molecular complexity index is 867. The Morgan fingerprint density at radius 2 is 2.00 bits per heavy atom. The topological polar surface area (TPSA) is 59.2 Å². The van der Waals surface area contributed by atoms with Crippen molar-refractivity contribution >= 4 is 23.2 Å². The summed E-state index contributed by atoms with van der Waals surface area (Å²) in [6.45, 7) is 3.75. The fraction of sp³-hybridized carbons (Fsp3) is 0.429. The number of aromatic nitrogens is 1. The number of halogens is 3. The Balaban J connectivity index is 1.62. The second-order valence-corrected chi connectivity index (χ2v) is 7.68. The molecular weight excluding hydrogens is 384 g/mol. The van der Waals surface area contributed by atoms with Crippen LogP contribution in [0.5, 0.6) is 0 Å². The van der Waals surface area contributed by atoms with E-state index < -0.39 is 5.82 Å². The number of nitrogen functional groups attached to an aromatic ring is 1. The number of likely N-dealkylation sites (tertiary alicyclic amines) is 1. The molecule has 0 radical (unpaired) electrons. The van der Waals surface area contributed by atoms with Crippen molar-refractivity contribution < 1.29 is 13.6 Å². The minimum absolute atomic E-state index is 0.0267. The zero-order chi connectivity index (χ0) is 20.3. The van der Waals surface area contributed by atoms with Gasteiger partial charge in [-0.1, -0.05) is 30.7 Å². The number of carbonyl (C=O) groups is 1. The van der Waals surface area contributed by atoms with Gasteiger partial charge >= 0.3 is 0 Å². The molecule has 1 aliphatic rings. The largest absolute Gasteiger partial charge is 0.384 e. The van der Waals surface area contributed by atoms with Crippen molar-refractivity contribution in [3.63, 3.8) is 0 Å². The highest BCUT2D eigenvalue weighted by atomic mass is 35.5. The molecule has 1 aromatic carbocycles. The van der Waals surface area contributed by atoms with Crippen molar-refractivity contribution in [2.75, 3.05) is 18.8 Å². The summed E-state index contributed by atoms with van der Waals surface area (Å²) in [6, 6.07) is 6.34. The maximum absolute atomic E-state index is 14.7. The minimum Gasteiger partial charge on any atom is -0.384 e. The first-order chi connectivity index (χ1) is 13.4. The number of rotatable bonds is 6. The summed E-state index contributed by atoms with van der Waals surface area (Å²) in [4.78, 5) is 18.2. The normalized spacial score (nSPS) is 15.7. The van der Waals surface area contributed by atoms with Gasteiger partial charge in [-0.2, -0.15) is 0 Å². The van der Waals surface area contributed by atoms with Gasteiger partial charge in [-0.05, 0) is 50.4 Å². The molecule has 150 valence electrons. The van der Waals surface area contributed by atoms with E-state index in [0.29, 0.717) is 18.5 Å². The second kappa shape index (κ2) is 8.97. The highest BCUT2D eigenvalue weighted by Crippen LogP contribution is 2.26. The number of ketones is 1. The summed E-state index contributed by atoms with van der Waals surface area (Å²) in [7, 11) is 0. The fourth-order valence-corrected chi connectivity index (χ4v) is 3.86. The fourth-order valence-electron chi connectivity index (χ4n) is 3.67. The summed E-state index contributed by atoms with van der Waals surface area (Å²) in [6.07, 6.45) is 2.35. The smallest absolute Gasteiger partial charge is 0.165 e. The number of hydrogen-bond donors (Lipinski definition) is 1. The molecule has 0 atom stereocenters. The van der Waals surface area contributed by atoms with Gasteiger partial charge in [0.1, 0.15) is 11.6 Å². The SMILES string of the molecule is CCC(=O)c1cc(N)nc(CC2CCN(Cc3cccc(Cl)c3F)CC2)c1F. The number of nitrogens with two attached hydrogens (primary N) is 1. The van der Waals surface area contributed by atoms with Crippen LogP contribution in [0, 0.1) is 17.6 Å². The van der Waals surface area contributed by atoms with Crippen molar-refractivity contribution in [2.45, 2.75) is 39.2 Å². The molecule has 2 N–H and O–H groups in total. The van der Waals surface area contributed by atoms with E-state index >= 15 is 0 Å². The van der Waals surface area contributed by atoms with Gasteiger partial charge in [-0.25, -0.2) is 13.8 Å². The second-order valence-electron chi connectivity index (χ2n) is 7.27. The number of benzene rings is 1. The highest BCUT2D eigenvalue weighted by molar-refractivity contribution is 6.30. The van der Waals surface area contributed by atoms with E-state index in [1.165, 1.54) is 12.1 Å². The molecule has 1 aliphatic heterocycles. The van der Waals surface area contributed by atoms with Crippen molar-refractivity contribution in [1.29, 1.82) is 0 Å². The summed E-state index contributed by atoms with van der Waals surface area (Å²) >= 11 is 5.85. The summed E-state index contributed by atoms with van der Waals surface area (Å²) in [5, 5.41) is 0.132. The Morgan fingerprint density at radius 3 is 2.68 bits per heavy atom. The number of piperidine rings is 1. The van der Waals surface area contributed by atoms with Crippen LogP contribution in [0.4, 0.5) is 14.6 Å². The zero-order valence-corrected chi connectivity index (χ0v) is 16.6. The summed E-state index contributed by atoms with van der Waals surface area (Å²) in [5.74, 6) is -0.781. The Kier molecular flexibility index (Phi) is 6.62. The van der Waals surface area contributed by atoms with E-state index in [-0.39, 0.29) is 46.0 Å². The lowest BCUT2D eigenvalue weighted by Gasteiger charge is -2.32. The van der Waals surface area contributed by atoms with E-state index in [2.05, 4.69) is 9.88 Å². The average molecular weight is 408 g/mol. The first kappa shape index (κ1) is 20.7. The van der Waals surface area contributed by atoms with Gasteiger partial charge in [0.2, 0.25) is 0 Å². The molecule has 0 aliphatic carbocycles. The van der Waals surface area contributed by atoms with Crippen molar-refractivity contribution in [3.05, 3.63) is 57.7 Å². The van der Waals surface area contributed by atoms with E-state index in [1.54, 1.807) is 19.1 Å². The van der Waals surface area contributed by atoms with Crippen LogP contribution >= 0.6 is 11.6 Å². The number of Topliss-reactive ketones (excluding diaryl/α,β-unsaturated/α-hetero) is 1. The zero-order valence-electron chi connectivity index (χ0n) is 15.9. The van der Waals surface area contributed by atoms with Crippen LogP contribution in [-0.4, -0.2) is 28.8 Å². The first-order valence-corrected chi connectivity index (χ1v) is 9.90. The molecule has 3 rings (SSSR count). The number of carbonyl (C=O) groups excluding carboxylic acids is 1. The van der Waals surface area contributed by atoms with Gasteiger partial charge < -0.3 is 5.73 Å². The van der Waals surface area contributed by atoms with Crippen LogP contribution in [0.1, 0.15) is 47.8 Å². The molecule has 2 heterocycles. The number of pyridine rings is 1. The quantitative estimate of drug-likeness (QED) is 0.708. The van der Waals surface area contributed by atoms with Crippen LogP contribution in [0.3, 0.4) is 0 Å². The molecule has 4 nitrogen and oxygen atoms in total. The van der Waals surface area contributed by atoms with Gasteiger partial charge in [-0.3, -0.25) is 9.69 Å². The molecule has 2 aromatic rings.